The summed E-state index contributed by atoms with van der Waals surface area (Å²) < 4.78 is 97.1. The molecule has 3 rings (SSSR count). The van der Waals surface area contributed by atoms with Gasteiger partial charge in [-0.25, -0.2) is 4.79 Å². The highest BCUT2D eigenvalue weighted by Gasteiger charge is 2.67. The van der Waals surface area contributed by atoms with E-state index in [9.17, 15) is 35.2 Å². The number of carbonyl (C=O) groups excluding carboxylic acids is 1. The third kappa shape index (κ3) is 6.63. The number of azo groups is 1. The van der Waals surface area contributed by atoms with Gasteiger partial charge in [-0.1, -0.05) is 27.3 Å². The van der Waals surface area contributed by atoms with Crippen LogP contribution in [0.1, 0.15) is 28.7 Å². The molecule has 1 unspecified atom stereocenters. The van der Waals surface area contributed by atoms with Crippen molar-refractivity contribution in [1.82, 2.24) is 15.1 Å². The summed E-state index contributed by atoms with van der Waals surface area (Å²) >= 11 is 3.77. The van der Waals surface area contributed by atoms with E-state index in [1.54, 1.807) is 0 Å². The van der Waals surface area contributed by atoms with Crippen molar-refractivity contribution in [3.05, 3.63) is 22.7 Å². The molecule has 2 aromatic rings. The molecule has 39 heavy (non-hydrogen) atoms. The molecule has 0 saturated carbocycles. The highest BCUT2D eigenvalue weighted by atomic mass is 79.9. The van der Waals surface area contributed by atoms with Crippen LogP contribution >= 0.6 is 27.3 Å². The Hall–Kier alpha value is -2.51. The number of hydrogen-bond donors (Lipinski definition) is 1. The number of rotatable bonds is 10. The standard InChI is InChI=1S/C20H23BrF5N7O4S2/c1-4-33-14-10-13(31-39(35,36)20(25,26)19(22,23)24)12(9-11(14)5-6-15(33)32(2)3)27-29-18-30-28-16(38-18)17(34)37-8-7-21/h9-10,15,31H,4-8H2,1-3H3. The number of ether oxygens (including phenoxy) is 1. The minimum Gasteiger partial charge on any atom is -0.459 e. The van der Waals surface area contributed by atoms with E-state index in [1.165, 1.54) is 10.8 Å². The zero-order valence-corrected chi connectivity index (χ0v) is 23.9. The number of nitrogens with zero attached hydrogens (tertiary/aromatic N) is 6. The fraction of sp³-hybridized carbons (Fsp3) is 0.550. The first-order valence-corrected chi connectivity index (χ1v) is 14.6. The van der Waals surface area contributed by atoms with Gasteiger partial charge in [0.15, 0.2) is 0 Å². The zero-order valence-electron chi connectivity index (χ0n) is 20.7. The molecule has 0 spiro atoms. The quantitative estimate of drug-likeness (QED) is 0.162. The van der Waals surface area contributed by atoms with Gasteiger partial charge in [-0.2, -0.15) is 30.4 Å². The Morgan fingerprint density at radius 2 is 1.95 bits per heavy atom. The van der Waals surface area contributed by atoms with Gasteiger partial charge in [0.2, 0.25) is 5.01 Å². The summed E-state index contributed by atoms with van der Waals surface area (Å²) in [5.41, 5.74) is 0.0851. The topological polar surface area (TPSA) is 129 Å². The van der Waals surface area contributed by atoms with Gasteiger partial charge in [0.1, 0.15) is 12.3 Å². The van der Waals surface area contributed by atoms with Gasteiger partial charge in [-0.05, 0) is 51.6 Å². The lowest BCUT2D eigenvalue weighted by molar-refractivity contribution is -0.241. The van der Waals surface area contributed by atoms with Crippen LogP contribution in [0.4, 0.5) is 44.1 Å². The molecule has 0 radical (unpaired) electrons. The molecule has 0 saturated heterocycles. The van der Waals surface area contributed by atoms with Crippen molar-refractivity contribution >= 4 is 65.5 Å². The van der Waals surface area contributed by atoms with Crippen LogP contribution in [-0.4, -0.2) is 79.7 Å². The second-order valence-electron chi connectivity index (χ2n) is 8.30. The van der Waals surface area contributed by atoms with Gasteiger partial charge in [0.05, 0.1) is 11.9 Å². The molecule has 0 bridgehead atoms. The summed E-state index contributed by atoms with van der Waals surface area (Å²) in [4.78, 5) is 15.7. The van der Waals surface area contributed by atoms with E-state index in [0.717, 1.165) is 6.07 Å². The Morgan fingerprint density at radius 1 is 1.26 bits per heavy atom. The number of fused-ring (bicyclic) bond motifs is 1. The van der Waals surface area contributed by atoms with Crippen molar-refractivity contribution in [2.24, 2.45) is 10.2 Å². The van der Waals surface area contributed by atoms with Crippen LogP contribution in [0.2, 0.25) is 0 Å². The molecule has 1 aromatic heterocycles. The molecule has 0 aliphatic carbocycles. The summed E-state index contributed by atoms with van der Waals surface area (Å²) in [6, 6.07) is 2.50. The molecule has 1 atom stereocenters. The highest BCUT2D eigenvalue weighted by Crippen LogP contribution is 2.44. The van der Waals surface area contributed by atoms with Gasteiger partial charge in [-0.3, -0.25) is 9.62 Å². The number of sulfonamides is 1. The number of anilines is 2. The number of nitrogens with one attached hydrogen (secondary N) is 1. The molecule has 1 N–H and O–H groups in total. The lowest BCUT2D eigenvalue weighted by Crippen LogP contribution is -2.48. The predicted octanol–water partition coefficient (Wildman–Crippen LogP) is 5.06. The minimum absolute atomic E-state index is 0.0694. The molecule has 1 aromatic carbocycles. The first-order valence-electron chi connectivity index (χ1n) is 11.2. The molecule has 11 nitrogen and oxygen atoms in total. The third-order valence-electron chi connectivity index (χ3n) is 5.53. The Balaban J connectivity index is 2.06. The van der Waals surface area contributed by atoms with Gasteiger partial charge in [0.25, 0.3) is 5.13 Å². The maximum absolute atomic E-state index is 13.9. The lowest BCUT2D eigenvalue weighted by Gasteiger charge is -2.42. The lowest BCUT2D eigenvalue weighted by atomic mass is 9.97. The van der Waals surface area contributed by atoms with Crippen LogP contribution in [0.3, 0.4) is 0 Å². The predicted molar refractivity (Wildman–Crippen MR) is 137 cm³/mol. The Kier molecular flexibility index (Phi) is 9.49. The van der Waals surface area contributed by atoms with E-state index < -0.39 is 33.1 Å². The van der Waals surface area contributed by atoms with E-state index >= 15 is 0 Å². The molecule has 2 heterocycles. The number of esters is 1. The maximum Gasteiger partial charge on any atom is 0.471 e. The second-order valence-corrected chi connectivity index (χ2v) is 11.8. The number of aromatic nitrogens is 2. The first kappa shape index (κ1) is 31.0. The summed E-state index contributed by atoms with van der Waals surface area (Å²) in [6.07, 6.45) is -5.38. The van der Waals surface area contributed by atoms with Crippen molar-refractivity contribution in [2.45, 2.75) is 37.4 Å². The summed E-state index contributed by atoms with van der Waals surface area (Å²) in [5.74, 6) is -0.778. The Labute approximate surface area is 232 Å². The molecule has 0 amide bonds. The van der Waals surface area contributed by atoms with E-state index in [1.807, 2.05) is 30.8 Å². The van der Waals surface area contributed by atoms with Crippen LogP contribution < -0.4 is 9.62 Å². The SMILES string of the molecule is CCN1c2cc(NS(=O)(=O)C(F)(F)C(F)(F)F)c(N=Nc3nnc(C(=O)OCCBr)s3)cc2CCC1N(C)C. The number of benzene rings is 1. The molecular weight excluding hydrogens is 641 g/mol. The van der Waals surface area contributed by atoms with Gasteiger partial charge in [-0.15, -0.1) is 20.4 Å². The average Bonchev–Trinajstić information content (AvgIpc) is 3.33. The smallest absolute Gasteiger partial charge is 0.459 e. The monoisotopic (exact) mass is 663 g/mol. The number of aryl methyl sites for hydroxylation is 1. The van der Waals surface area contributed by atoms with Crippen LogP contribution in [0.5, 0.6) is 0 Å². The highest BCUT2D eigenvalue weighted by molar-refractivity contribution is 9.09. The van der Waals surface area contributed by atoms with Crippen LogP contribution in [0.25, 0.3) is 0 Å². The molecule has 1 aliphatic heterocycles. The van der Waals surface area contributed by atoms with Gasteiger partial charge in [0, 0.05) is 17.6 Å². The van der Waals surface area contributed by atoms with E-state index in [-0.39, 0.29) is 28.6 Å². The Bertz CT molecular complexity index is 1340. The fourth-order valence-electron chi connectivity index (χ4n) is 3.76. The van der Waals surface area contributed by atoms with E-state index in [0.29, 0.717) is 47.3 Å². The third-order valence-corrected chi connectivity index (χ3v) is 8.04. The van der Waals surface area contributed by atoms with Crippen molar-refractivity contribution in [3.8, 4) is 0 Å². The normalized spacial score (nSPS) is 16.6. The molecule has 0 fully saturated rings. The zero-order chi connectivity index (χ0) is 29.2. The van der Waals surface area contributed by atoms with Gasteiger partial charge < -0.3 is 9.64 Å². The van der Waals surface area contributed by atoms with Crippen LogP contribution in [0, 0.1) is 0 Å². The van der Waals surface area contributed by atoms with E-state index in [4.69, 9.17) is 4.74 Å². The average molecular weight is 664 g/mol. The molecule has 216 valence electrons. The summed E-state index contributed by atoms with van der Waals surface area (Å²) in [5, 5.41) is 8.86. The first-order chi connectivity index (χ1) is 18.1. The van der Waals surface area contributed by atoms with Crippen molar-refractivity contribution in [3.63, 3.8) is 0 Å². The largest absolute Gasteiger partial charge is 0.471 e. The number of alkyl halides is 6. The molecule has 19 heteroatoms. The van der Waals surface area contributed by atoms with Crippen LogP contribution in [-0.2, 0) is 21.2 Å². The number of hydrogen-bond acceptors (Lipinski definition) is 11. The summed E-state index contributed by atoms with van der Waals surface area (Å²) in [6.45, 7) is 2.32. The second kappa shape index (κ2) is 11.9. The molecule has 1 aliphatic rings. The van der Waals surface area contributed by atoms with Crippen molar-refractivity contribution in [1.29, 1.82) is 0 Å². The maximum atomic E-state index is 13.9. The minimum atomic E-state index is -6.37. The van der Waals surface area contributed by atoms with E-state index in [2.05, 4.69) is 36.4 Å². The van der Waals surface area contributed by atoms with Crippen LogP contribution in [0.15, 0.2) is 22.4 Å². The summed E-state index contributed by atoms with van der Waals surface area (Å²) in [7, 11) is -2.66. The number of halogens is 6. The molecular formula is C20H23BrF5N7O4S2. The van der Waals surface area contributed by atoms with Crippen molar-refractivity contribution < 1.29 is 39.9 Å². The Morgan fingerprint density at radius 3 is 2.54 bits per heavy atom. The van der Waals surface area contributed by atoms with Crippen molar-refractivity contribution in [2.75, 3.05) is 42.2 Å². The fourth-order valence-corrected chi connectivity index (χ4v) is 5.37. The number of carbonyl (C=O) groups is 1. The van der Waals surface area contributed by atoms with Gasteiger partial charge >= 0.3 is 27.4 Å².